The molecule has 1 atom stereocenters. The van der Waals surface area contributed by atoms with Gasteiger partial charge >= 0.3 is 0 Å². The van der Waals surface area contributed by atoms with Crippen molar-refractivity contribution in [1.29, 1.82) is 0 Å². The van der Waals surface area contributed by atoms with Crippen molar-refractivity contribution in [3.63, 3.8) is 0 Å². The number of rotatable bonds is 6. The molecular formula is C21H24N2O4. The first-order chi connectivity index (χ1) is 13.3. The minimum absolute atomic E-state index is 0.0857. The minimum Gasteiger partial charge on any atom is -0.454 e. The highest BCUT2D eigenvalue weighted by molar-refractivity contribution is 5.94. The first kappa shape index (κ1) is 17.8. The van der Waals surface area contributed by atoms with Crippen molar-refractivity contribution in [1.82, 2.24) is 10.2 Å². The quantitative estimate of drug-likeness (QED) is 0.795. The maximum Gasteiger partial charge on any atom is 0.251 e. The van der Waals surface area contributed by atoms with Crippen molar-refractivity contribution >= 4 is 5.91 Å². The van der Waals surface area contributed by atoms with Crippen LogP contribution in [0.2, 0.25) is 0 Å². The van der Waals surface area contributed by atoms with Crippen LogP contribution < -0.4 is 14.8 Å². The maximum atomic E-state index is 12.3. The number of carbonyl (C=O) groups excluding carboxylic acids is 1. The van der Waals surface area contributed by atoms with Gasteiger partial charge in [0.25, 0.3) is 5.91 Å². The lowest BCUT2D eigenvalue weighted by atomic mass is 10.1. The van der Waals surface area contributed by atoms with E-state index < -0.39 is 0 Å². The fraction of sp³-hybridized carbons (Fsp3) is 0.381. The molecule has 1 fully saturated rings. The zero-order chi connectivity index (χ0) is 18.5. The molecule has 4 rings (SSSR count). The number of nitrogens with one attached hydrogen (secondary N) is 1. The number of nitrogens with zero attached hydrogens (tertiary/aromatic N) is 1. The molecule has 1 N–H and O–H groups in total. The Bertz CT molecular complexity index is 781. The number of morpholine rings is 1. The van der Waals surface area contributed by atoms with Crippen LogP contribution in [0.25, 0.3) is 0 Å². The van der Waals surface area contributed by atoms with Crippen LogP contribution in [0.5, 0.6) is 11.5 Å². The van der Waals surface area contributed by atoms with Gasteiger partial charge in [0.2, 0.25) is 6.79 Å². The number of ether oxygens (including phenoxy) is 3. The molecule has 2 heterocycles. The van der Waals surface area contributed by atoms with Crippen LogP contribution in [0.1, 0.15) is 28.4 Å². The normalized spacial score (nSPS) is 19.0. The van der Waals surface area contributed by atoms with Gasteiger partial charge in [-0.2, -0.15) is 0 Å². The molecule has 1 saturated heterocycles. The van der Waals surface area contributed by atoms with Crippen LogP contribution >= 0.6 is 0 Å². The molecule has 0 aliphatic carbocycles. The smallest absolute Gasteiger partial charge is 0.251 e. The van der Waals surface area contributed by atoms with Gasteiger partial charge in [-0.05, 0) is 30.2 Å². The molecule has 0 radical (unpaired) electrons. The average molecular weight is 368 g/mol. The summed E-state index contributed by atoms with van der Waals surface area (Å²) < 4.78 is 16.5. The second kappa shape index (κ2) is 8.41. The highest BCUT2D eigenvalue weighted by Gasteiger charge is 2.21. The lowest BCUT2D eigenvalue weighted by Crippen LogP contribution is -2.39. The summed E-state index contributed by atoms with van der Waals surface area (Å²) in [6.45, 7) is 4.35. The summed E-state index contributed by atoms with van der Waals surface area (Å²) in [5.41, 5.74) is 1.81. The summed E-state index contributed by atoms with van der Waals surface area (Å²) in [6, 6.07) is 15.6. The number of benzene rings is 2. The Morgan fingerprint density at radius 3 is 2.85 bits per heavy atom. The van der Waals surface area contributed by atoms with Gasteiger partial charge in [-0.25, -0.2) is 0 Å². The molecule has 0 aromatic heterocycles. The summed E-state index contributed by atoms with van der Waals surface area (Å²) >= 11 is 0. The Kier molecular flexibility index (Phi) is 5.55. The predicted molar refractivity (Wildman–Crippen MR) is 101 cm³/mol. The van der Waals surface area contributed by atoms with E-state index in [1.807, 2.05) is 18.2 Å². The van der Waals surface area contributed by atoms with Gasteiger partial charge < -0.3 is 19.5 Å². The van der Waals surface area contributed by atoms with Crippen LogP contribution in [0.3, 0.4) is 0 Å². The molecule has 27 heavy (non-hydrogen) atoms. The molecule has 0 spiro atoms. The van der Waals surface area contributed by atoms with Gasteiger partial charge in [0.1, 0.15) is 0 Å². The number of carbonyl (C=O) groups is 1. The number of hydrogen-bond donors (Lipinski definition) is 1. The van der Waals surface area contributed by atoms with Gasteiger partial charge in [-0.15, -0.1) is 0 Å². The molecule has 2 aromatic rings. The summed E-state index contributed by atoms with van der Waals surface area (Å²) in [5, 5.41) is 2.98. The van der Waals surface area contributed by atoms with E-state index in [2.05, 4.69) is 22.3 Å². The molecule has 1 amide bonds. The summed E-state index contributed by atoms with van der Waals surface area (Å²) in [4.78, 5) is 14.7. The van der Waals surface area contributed by atoms with Gasteiger partial charge in [0.15, 0.2) is 11.5 Å². The first-order valence-electron chi connectivity index (χ1n) is 9.36. The van der Waals surface area contributed by atoms with Crippen molar-refractivity contribution in [3.8, 4) is 11.5 Å². The zero-order valence-electron chi connectivity index (χ0n) is 15.2. The number of hydrogen-bond acceptors (Lipinski definition) is 5. The zero-order valence-corrected chi connectivity index (χ0v) is 15.2. The van der Waals surface area contributed by atoms with Crippen LogP contribution in [-0.4, -0.2) is 50.4 Å². The molecular weight excluding hydrogens is 344 g/mol. The van der Waals surface area contributed by atoms with E-state index in [9.17, 15) is 4.79 Å². The Balaban J connectivity index is 1.21. The first-order valence-corrected chi connectivity index (χ1v) is 9.36. The monoisotopic (exact) mass is 368 g/mol. The SMILES string of the molecule is O=C(NCCCN1CCOC(c2ccccc2)C1)c1ccc2c(c1)OCO2. The average Bonchev–Trinajstić information content (AvgIpc) is 3.20. The molecule has 2 aromatic carbocycles. The van der Waals surface area contributed by atoms with Crippen molar-refractivity contribution < 1.29 is 19.0 Å². The Hall–Kier alpha value is -2.57. The third-order valence-corrected chi connectivity index (χ3v) is 4.89. The summed E-state index contributed by atoms with van der Waals surface area (Å²) in [7, 11) is 0. The van der Waals surface area contributed by atoms with E-state index >= 15 is 0 Å². The van der Waals surface area contributed by atoms with Crippen LogP contribution in [0.15, 0.2) is 48.5 Å². The largest absolute Gasteiger partial charge is 0.454 e. The van der Waals surface area contributed by atoms with Gasteiger partial charge in [-0.3, -0.25) is 9.69 Å². The van der Waals surface area contributed by atoms with E-state index in [-0.39, 0.29) is 18.8 Å². The third kappa shape index (κ3) is 4.40. The number of amides is 1. The number of fused-ring (bicyclic) bond motifs is 1. The lowest BCUT2D eigenvalue weighted by molar-refractivity contribution is -0.0301. The topological polar surface area (TPSA) is 60.0 Å². The molecule has 2 aliphatic heterocycles. The third-order valence-electron chi connectivity index (χ3n) is 4.89. The van der Waals surface area contributed by atoms with Crippen molar-refractivity contribution in [2.24, 2.45) is 0 Å². The Morgan fingerprint density at radius 1 is 1.11 bits per heavy atom. The van der Waals surface area contributed by atoms with Gasteiger partial charge in [-0.1, -0.05) is 30.3 Å². The second-order valence-corrected chi connectivity index (χ2v) is 6.75. The minimum atomic E-state index is -0.0857. The van der Waals surface area contributed by atoms with Gasteiger partial charge in [0, 0.05) is 31.7 Å². The van der Waals surface area contributed by atoms with Crippen LogP contribution in [0.4, 0.5) is 0 Å². The summed E-state index contributed by atoms with van der Waals surface area (Å²) in [6.07, 6.45) is 1.03. The van der Waals surface area contributed by atoms with Crippen molar-refractivity contribution in [2.45, 2.75) is 12.5 Å². The fourth-order valence-electron chi connectivity index (χ4n) is 3.42. The standard InChI is InChI=1S/C21H24N2O4/c24-21(17-7-8-18-19(13-17)27-15-26-18)22-9-4-10-23-11-12-25-20(14-23)16-5-2-1-3-6-16/h1-3,5-8,13,20H,4,9-12,14-15H2,(H,22,24). The molecule has 0 saturated carbocycles. The lowest BCUT2D eigenvalue weighted by Gasteiger charge is -2.33. The van der Waals surface area contributed by atoms with Crippen LogP contribution in [-0.2, 0) is 4.74 Å². The highest BCUT2D eigenvalue weighted by atomic mass is 16.7. The molecule has 2 aliphatic rings. The van der Waals surface area contributed by atoms with E-state index in [0.717, 1.165) is 32.7 Å². The maximum absolute atomic E-state index is 12.3. The predicted octanol–water partition coefficient (Wildman–Crippen LogP) is 2.61. The van der Waals surface area contributed by atoms with E-state index in [0.29, 0.717) is 23.6 Å². The Labute approximate surface area is 159 Å². The van der Waals surface area contributed by atoms with E-state index in [1.54, 1.807) is 18.2 Å². The molecule has 0 bridgehead atoms. The van der Waals surface area contributed by atoms with Crippen molar-refractivity contribution in [3.05, 3.63) is 59.7 Å². The van der Waals surface area contributed by atoms with Gasteiger partial charge in [0.05, 0.1) is 12.7 Å². The highest BCUT2D eigenvalue weighted by Crippen LogP contribution is 2.32. The molecule has 1 unspecified atom stereocenters. The summed E-state index contributed by atoms with van der Waals surface area (Å²) in [5.74, 6) is 1.23. The van der Waals surface area contributed by atoms with Crippen molar-refractivity contribution in [2.75, 3.05) is 39.6 Å². The Morgan fingerprint density at radius 2 is 1.96 bits per heavy atom. The van der Waals surface area contributed by atoms with E-state index in [1.165, 1.54) is 5.56 Å². The van der Waals surface area contributed by atoms with Crippen LogP contribution in [0, 0.1) is 0 Å². The second-order valence-electron chi connectivity index (χ2n) is 6.75. The molecule has 6 nitrogen and oxygen atoms in total. The van der Waals surface area contributed by atoms with E-state index in [4.69, 9.17) is 14.2 Å². The molecule has 6 heteroatoms. The fourth-order valence-corrected chi connectivity index (χ4v) is 3.42. The molecule has 142 valence electrons.